The molecule has 0 fully saturated rings. The maximum Gasteiger partial charge on any atom is 0.292 e. The maximum atomic E-state index is 5.78. The fourth-order valence-electron chi connectivity index (χ4n) is 1.59. The van der Waals surface area contributed by atoms with E-state index in [1.165, 1.54) is 6.20 Å². The van der Waals surface area contributed by atoms with Crippen molar-refractivity contribution in [3.8, 4) is 11.5 Å². The lowest BCUT2D eigenvalue weighted by Gasteiger charge is -2.05. The Hall–Kier alpha value is -2.11. The highest BCUT2D eigenvalue weighted by atomic mass is 35.5. The van der Waals surface area contributed by atoms with Gasteiger partial charge in [-0.25, -0.2) is 15.0 Å². The lowest BCUT2D eigenvalue weighted by Crippen LogP contribution is -1.96. The average Bonchev–Trinajstić information content (AvgIpc) is 2.89. The summed E-state index contributed by atoms with van der Waals surface area (Å²) in [6, 6.07) is 8.98. The summed E-state index contributed by atoms with van der Waals surface area (Å²) in [6.07, 6.45) is 3.08. The van der Waals surface area contributed by atoms with E-state index < -0.39 is 0 Å². The van der Waals surface area contributed by atoms with Crippen LogP contribution in [0.25, 0.3) is 11.5 Å². The standard InChI is InChI=1S/C13H8Cl2N4O/c14-8-4-5-11(16-6-8)19-12-3-1-2-9(18-12)10-7-17-13(15)20-10/h1-7H,(H,16,18,19). The van der Waals surface area contributed by atoms with Crippen LogP contribution in [0.5, 0.6) is 0 Å². The molecular formula is C13H8Cl2N4O. The average molecular weight is 307 g/mol. The Morgan fingerprint density at radius 3 is 2.55 bits per heavy atom. The van der Waals surface area contributed by atoms with Crippen molar-refractivity contribution in [2.24, 2.45) is 0 Å². The molecule has 0 unspecified atom stereocenters. The molecule has 0 spiro atoms. The van der Waals surface area contributed by atoms with E-state index in [2.05, 4.69) is 20.3 Å². The predicted octanol–water partition coefficient (Wildman–Crippen LogP) is 4.18. The monoisotopic (exact) mass is 306 g/mol. The molecule has 0 amide bonds. The number of oxazole rings is 1. The van der Waals surface area contributed by atoms with Crippen LogP contribution >= 0.6 is 23.2 Å². The molecule has 3 aromatic rings. The summed E-state index contributed by atoms with van der Waals surface area (Å²) in [4.78, 5) is 12.4. The molecule has 0 bridgehead atoms. The molecule has 3 heterocycles. The van der Waals surface area contributed by atoms with Gasteiger partial charge in [0, 0.05) is 6.20 Å². The summed E-state index contributed by atoms with van der Waals surface area (Å²) in [5.41, 5.74) is 0.628. The molecule has 3 aromatic heterocycles. The number of nitrogens with one attached hydrogen (secondary N) is 1. The lowest BCUT2D eigenvalue weighted by molar-refractivity contribution is 0.572. The zero-order valence-electron chi connectivity index (χ0n) is 10.0. The van der Waals surface area contributed by atoms with Crippen molar-refractivity contribution in [1.29, 1.82) is 0 Å². The SMILES string of the molecule is Clc1ccc(Nc2cccc(-c3cnc(Cl)o3)n2)nc1. The predicted molar refractivity (Wildman–Crippen MR) is 77.3 cm³/mol. The molecule has 5 nitrogen and oxygen atoms in total. The van der Waals surface area contributed by atoms with E-state index in [1.54, 1.807) is 24.4 Å². The third-order valence-corrected chi connectivity index (χ3v) is 2.86. The lowest BCUT2D eigenvalue weighted by atomic mass is 10.3. The Morgan fingerprint density at radius 2 is 1.85 bits per heavy atom. The molecule has 0 aliphatic carbocycles. The van der Waals surface area contributed by atoms with Crippen LogP contribution in [-0.2, 0) is 0 Å². The van der Waals surface area contributed by atoms with Gasteiger partial charge < -0.3 is 9.73 Å². The minimum atomic E-state index is 0.0829. The minimum Gasteiger partial charge on any atom is -0.426 e. The summed E-state index contributed by atoms with van der Waals surface area (Å²) in [5.74, 6) is 1.78. The summed E-state index contributed by atoms with van der Waals surface area (Å²) >= 11 is 11.4. The number of pyridine rings is 2. The summed E-state index contributed by atoms with van der Waals surface area (Å²) in [6.45, 7) is 0. The van der Waals surface area contributed by atoms with Crippen LogP contribution in [0.15, 0.2) is 47.1 Å². The second-order valence-corrected chi connectivity index (χ2v) is 4.63. The van der Waals surface area contributed by atoms with Crippen LogP contribution < -0.4 is 5.32 Å². The molecular weight excluding hydrogens is 299 g/mol. The van der Waals surface area contributed by atoms with E-state index >= 15 is 0 Å². The summed E-state index contributed by atoms with van der Waals surface area (Å²) in [7, 11) is 0. The highest BCUT2D eigenvalue weighted by molar-refractivity contribution is 6.30. The van der Waals surface area contributed by atoms with Gasteiger partial charge >= 0.3 is 0 Å². The first kappa shape index (κ1) is 12.9. The van der Waals surface area contributed by atoms with Gasteiger partial charge in [0.1, 0.15) is 17.3 Å². The van der Waals surface area contributed by atoms with Crippen molar-refractivity contribution in [2.45, 2.75) is 0 Å². The van der Waals surface area contributed by atoms with E-state index in [4.69, 9.17) is 27.6 Å². The van der Waals surface area contributed by atoms with Gasteiger partial charge in [0.2, 0.25) is 0 Å². The van der Waals surface area contributed by atoms with Crippen LogP contribution in [0, 0.1) is 0 Å². The van der Waals surface area contributed by atoms with Gasteiger partial charge in [-0.2, -0.15) is 0 Å². The molecule has 7 heteroatoms. The first-order valence-electron chi connectivity index (χ1n) is 5.68. The van der Waals surface area contributed by atoms with Gasteiger partial charge in [-0.3, -0.25) is 0 Å². The maximum absolute atomic E-state index is 5.78. The number of halogens is 2. The van der Waals surface area contributed by atoms with Crippen molar-refractivity contribution in [2.75, 3.05) is 5.32 Å². The van der Waals surface area contributed by atoms with Gasteiger partial charge in [0.25, 0.3) is 5.35 Å². The number of aromatic nitrogens is 3. The van der Waals surface area contributed by atoms with E-state index in [9.17, 15) is 0 Å². The molecule has 0 saturated carbocycles. The van der Waals surface area contributed by atoms with Gasteiger partial charge in [-0.1, -0.05) is 17.7 Å². The Kier molecular flexibility index (Phi) is 3.54. The molecule has 3 rings (SSSR count). The smallest absolute Gasteiger partial charge is 0.292 e. The van der Waals surface area contributed by atoms with Crippen LogP contribution in [0.2, 0.25) is 10.4 Å². The fraction of sp³-hybridized carbons (Fsp3) is 0. The van der Waals surface area contributed by atoms with Crippen molar-refractivity contribution < 1.29 is 4.42 Å². The first-order valence-corrected chi connectivity index (χ1v) is 6.44. The number of hydrogen-bond acceptors (Lipinski definition) is 5. The summed E-state index contributed by atoms with van der Waals surface area (Å²) < 4.78 is 5.22. The molecule has 1 N–H and O–H groups in total. The molecule has 100 valence electrons. The van der Waals surface area contributed by atoms with Crippen molar-refractivity contribution in [1.82, 2.24) is 15.0 Å². The van der Waals surface area contributed by atoms with Crippen LogP contribution in [0.1, 0.15) is 0 Å². The quantitative estimate of drug-likeness (QED) is 0.786. The Bertz CT molecular complexity index is 727. The highest BCUT2D eigenvalue weighted by Crippen LogP contribution is 2.23. The molecule has 20 heavy (non-hydrogen) atoms. The normalized spacial score (nSPS) is 10.5. The number of hydrogen-bond donors (Lipinski definition) is 1. The third-order valence-electron chi connectivity index (χ3n) is 2.46. The third kappa shape index (κ3) is 2.89. The Morgan fingerprint density at radius 1 is 0.950 bits per heavy atom. The van der Waals surface area contributed by atoms with Crippen LogP contribution in [-0.4, -0.2) is 15.0 Å². The van der Waals surface area contributed by atoms with Gasteiger partial charge in [0.15, 0.2) is 5.76 Å². The molecule has 0 saturated heterocycles. The number of rotatable bonds is 3. The zero-order valence-corrected chi connectivity index (χ0v) is 11.6. The van der Waals surface area contributed by atoms with E-state index in [0.717, 1.165) is 0 Å². The van der Waals surface area contributed by atoms with Gasteiger partial charge in [-0.15, -0.1) is 0 Å². The second kappa shape index (κ2) is 5.48. The molecule has 0 aromatic carbocycles. The van der Waals surface area contributed by atoms with E-state index in [0.29, 0.717) is 28.1 Å². The second-order valence-electron chi connectivity index (χ2n) is 3.87. The van der Waals surface area contributed by atoms with E-state index in [1.807, 2.05) is 12.1 Å². The van der Waals surface area contributed by atoms with Crippen molar-refractivity contribution >= 4 is 34.8 Å². The Labute approximate surface area is 124 Å². The van der Waals surface area contributed by atoms with Crippen molar-refractivity contribution in [3.05, 3.63) is 53.1 Å². The first-order chi connectivity index (χ1) is 9.70. The fourth-order valence-corrected chi connectivity index (χ4v) is 1.84. The molecule has 0 atom stereocenters. The van der Waals surface area contributed by atoms with Gasteiger partial charge in [0.05, 0.1) is 11.2 Å². The molecule has 0 aliphatic heterocycles. The number of anilines is 2. The van der Waals surface area contributed by atoms with Crippen molar-refractivity contribution in [3.63, 3.8) is 0 Å². The summed E-state index contributed by atoms with van der Waals surface area (Å²) in [5, 5.41) is 3.73. The zero-order chi connectivity index (χ0) is 13.9. The van der Waals surface area contributed by atoms with Gasteiger partial charge in [-0.05, 0) is 35.9 Å². The van der Waals surface area contributed by atoms with Crippen LogP contribution in [0.4, 0.5) is 11.6 Å². The Balaban J connectivity index is 1.86. The highest BCUT2D eigenvalue weighted by Gasteiger charge is 2.07. The minimum absolute atomic E-state index is 0.0829. The topological polar surface area (TPSA) is 63.8 Å². The number of nitrogens with zero attached hydrogens (tertiary/aromatic N) is 3. The molecule has 0 aliphatic rings. The molecule has 0 radical (unpaired) electrons. The largest absolute Gasteiger partial charge is 0.426 e. The van der Waals surface area contributed by atoms with Crippen LogP contribution in [0.3, 0.4) is 0 Å². The van der Waals surface area contributed by atoms with E-state index in [-0.39, 0.29) is 5.35 Å².